The second-order valence-corrected chi connectivity index (χ2v) is 9.53. The molecule has 0 N–H and O–H groups in total. The lowest BCUT2D eigenvalue weighted by Gasteiger charge is -2.39. The fourth-order valence-corrected chi connectivity index (χ4v) is 4.06. The van der Waals surface area contributed by atoms with Gasteiger partial charge in [-0.1, -0.05) is 6.07 Å². The monoisotopic (exact) mass is 494 g/mol. The molecule has 188 valence electrons. The van der Waals surface area contributed by atoms with Crippen molar-refractivity contribution in [1.82, 2.24) is 14.9 Å². The van der Waals surface area contributed by atoms with Crippen LogP contribution in [0.2, 0.25) is 0 Å². The lowest BCUT2D eigenvalue weighted by Crippen LogP contribution is -2.54. The number of alkyl halides is 3. The van der Waals surface area contributed by atoms with Gasteiger partial charge in [-0.15, -0.1) is 0 Å². The van der Waals surface area contributed by atoms with E-state index in [0.29, 0.717) is 5.69 Å². The van der Waals surface area contributed by atoms with Crippen molar-refractivity contribution in [3.05, 3.63) is 53.1 Å². The molecular formula is C24H26F4N4O3. The van der Waals surface area contributed by atoms with Crippen molar-refractivity contribution in [1.29, 1.82) is 0 Å². The Balaban J connectivity index is 1.69. The zero-order valence-electron chi connectivity index (χ0n) is 19.8. The minimum atomic E-state index is -4.96. The third-order valence-electron chi connectivity index (χ3n) is 5.59. The molecule has 3 heterocycles. The number of benzene rings is 1. The second-order valence-electron chi connectivity index (χ2n) is 9.53. The summed E-state index contributed by atoms with van der Waals surface area (Å²) in [6, 6.07) is 5.57. The SMILES string of the molecule is C[C@H]1CN(C(=O)OC(C)(C)C)CCN1c1nc2c(C(F)(F)F)c(F)cc(Cc3ccccn3)c2o1. The lowest BCUT2D eigenvalue weighted by molar-refractivity contribution is -0.138. The molecule has 0 aliphatic carbocycles. The molecule has 1 aromatic carbocycles. The van der Waals surface area contributed by atoms with Crippen LogP contribution in [0.25, 0.3) is 11.1 Å². The van der Waals surface area contributed by atoms with Crippen molar-refractivity contribution in [3.63, 3.8) is 0 Å². The van der Waals surface area contributed by atoms with Crippen molar-refractivity contribution >= 4 is 23.2 Å². The maximum Gasteiger partial charge on any atom is 0.421 e. The van der Waals surface area contributed by atoms with E-state index >= 15 is 0 Å². The van der Waals surface area contributed by atoms with Crippen LogP contribution in [0.1, 0.15) is 44.5 Å². The van der Waals surface area contributed by atoms with Gasteiger partial charge in [-0.2, -0.15) is 18.2 Å². The first-order chi connectivity index (χ1) is 16.3. The molecule has 7 nitrogen and oxygen atoms in total. The number of fused-ring (bicyclic) bond motifs is 1. The predicted molar refractivity (Wildman–Crippen MR) is 121 cm³/mol. The Morgan fingerprint density at radius 1 is 1.23 bits per heavy atom. The van der Waals surface area contributed by atoms with Crippen molar-refractivity contribution in [3.8, 4) is 0 Å². The first-order valence-electron chi connectivity index (χ1n) is 11.2. The summed E-state index contributed by atoms with van der Waals surface area (Å²) in [5.41, 5.74) is -2.08. The van der Waals surface area contributed by atoms with E-state index < -0.39 is 34.8 Å². The molecule has 3 aromatic rings. The molecule has 1 fully saturated rings. The summed E-state index contributed by atoms with van der Waals surface area (Å²) in [6.07, 6.45) is -3.81. The quantitative estimate of drug-likeness (QED) is 0.453. The third kappa shape index (κ3) is 5.33. The highest BCUT2D eigenvalue weighted by Gasteiger charge is 2.40. The van der Waals surface area contributed by atoms with Gasteiger partial charge in [0.2, 0.25) is 0 Å². The van der Waals surface area contributed by atoms with Crippen LogP contribution < -0.4 is 4.90 Å². The second kappa shape index (κ2) is 9.01. The number of oxazole rings is 1. The molecule has 1 atom stereocenters. The number of anilines is 1. The Morgan fingerprint density at radius 2 is 1.97 bits per heavy atom. The normalized spacial score (nSPS) is 17.2. The molecule has 0 bridgehead atoms. The molecule has 0 unspecified atom stereocenters. The van der Waals surface area contributed by atoms with Crippen LogP contribution >= 0.6 is 0 Å². The van der Waals surface area contributed by atoms with Gasteiger partial charge in [0, 0.05) is 49.6 Å². The summed E-state index contributed by atoms with van der Waals surface area (Å²) in [5, 5.41) is 0. The summed E-state index contributed by atoms with van der Waals surface area (Å²) in [4.78, 5) is 23.9. The van der Waals surface area contributed by atoms with Crippen LogP contribution in [-0.2, 0) is 17.3 Å². The minimum Gasteiger partial charge on any atom is -0.444 e. The van der Waals surface area contributed by atoms with E-state index in [0.717, 1.165) is 6.07 Å². The summed E-state index contributed by atoms with van der Waals surface area (Å²) in [7, 11) is 0. The largest absolute Gasteiger partial charge is 0.444 e. The standard InChI is InChI=1S/C24H26F4N4O3/c1-14-13-31(22(33)35-23(2,3)4)9-10-32(14)21-30-19-18(24(26,27)28)17(25)12-15(20(19)34-21)11-16-7-5-6-8-29-16/h5-8,12,14H,9-11,13H2,1-4H3/t14-/m0/s1. The van der Waals surface area contributed by atoms with E-state index in [1.807, 2.05) is 0 Å². The average Bonchev–Trinajstić information content (AvgIpc) is 3.16. The molecule has 11 heteroatoms. The number of hydrogen-bond donors (Lipinski definition) is 0. The van der Waals surface area contributed by atoms with Gasteiger partial charge >= 0.3 is 12.3 Å². The summed E-state index contributed by atoms with van der Waals surface area (Å²) >= 11 is 0. The Bertz CT molecular complexity index is 1220. The van der Waals surface area contributed by atoms with Crippen LogP contribution in [0.15, 0.2) is 34.9 Å². The van der Waals surface area contributed by atoms with Crippen LogP contribution in [0.5, 0.6) is 0 Å². The molecule has 0 radical (unpaired) electrons. The maximum atomic E-state index is 14.7. The minimum absolute atomic E-state index is 0.0605. The van der Waals surface area contributed by atoms with E-state index in [-0.39, 0.29) is 49.3 Å². The Hall–Kier alpha value is -3.37. The van der Waals surface area contributed by atoms with Crippen LogP contribution in [-0.4, -0.2) is 52.2 Å². The zero-order valence-corrected chi connectivity index (χ0v) is 19.8. The molecule has 35 heavy (non-hydrogen) atoms. The van der Waals surface area contributed by atoms with E-state index in [9.17, 15) is 22.4 Å². The van der Waals surface area contributed by atoms with Gasteiger partial charge in [-0.05, 0) is 45.9 Å². The molecule has 1 aliphatic heterocycles. The Kier molecular flexibility index (Phi) is 6.37. The van der Waals surface area contributed by atoms with Gasteiger partial charge in [0.05, 0.1) is 0 Å². The molecule has 1 saturated heterocycles. The van der Waals surface area contributed by atoms with Gasteiger partial charge < -0.3 is 19.0 Å². The van der Waals surface area contributed by atoms with Crippen molar-refractivity contribution < 1.29 is 31.5 Å². The van der Waals surface area contributed by atoms with E-state index in [1.165, 1.54) is 4.90 Å². The highest BCUT2D eigenvalue weighted by molar-refractivity contribution is 5.83. The van der Waals surface area contributed by atoms with Crippen LogP contribution in [0.3, 0.4) is 0 Å². The number of piperazine rings is 1. The fraction of sp³-hybridized carbons (Fsp3) is 0.458. The van der Waals surface area contributed by atoms with Gasteiger partial charge in [-0.25, -0.2) is 9.18 Å². The molecule has 1 aliphatic rings. The number of rotatable bonds is 3. The summed E-state index contributed by atoms with van der Waals surface area (Å²) < 4.78 is 67.1. The van der Waals surface area contributed by atoms with E-state index in [2.05, 4.69) is 9.97 Å². The number of hydrogen-bond acceptors (Lipinski definition) is 6. The number of halogens is 4. The van der Waals surface area contributed by atoms with Crippen molar-refractivity contribution in [2.45, 2.75) is 51.9 Å². The fourth-order valence-electron chi connectivity index (χ4n) is 4.06. The van der Waals surface area contributed by atoms with E-state index in [1.54, 1.807) is 57.0 Å². The molecular weight excluding hydrogens is 468 g/mol. The molecule has 4 rings (SSSR count). The smallest absolute Gasteiger partial charge is 0.421 e. The highest BCUT2D eigenvalue weighted by Crippen LogP contribution is 2.40. The number of pyridine rings is 1. The highest BCUT2D eigenvalue weighted by atomic mass is 19.4. The number of nitrogens with zero attached hydrogens (tertiary/aromatic N) is 4. The third-order valence-corrected chi connectivity index (χ3v) is 5.59. The number of carbonyl (C=O) groups is 1. The topological polar surface area (TPSA) is 71.7 Å². The Labute approximate surface area is 199 Å². The molecule has 0 spiro atoms. The number of carbonyl (C=O) groups excluding carboxylic acids is 1. The van der Waals surface area contributed by atoms with Gasteiger partial charge in [0.1, 0.15) is 22.5 Å². The number of amides is 1. The lowest BCUT2D eigenvalue weighted by atomic mass is 10.0. The van der Waals surface area contributed by atoms with Gasteiger partial charge in [0.25, 0.3) is 6.01 Å². The van der Waals surface area contributed by atoms with Gasteiger partial charge in [0.15, 0.2) is 5.58 Å². The zero-order chi connectivity index (χ0) is 25.5. The molecule has 0 saturated carbocycles. The van der Waals surface area contributed by atoms with Crippen LogP contribution in [0.4, 0.5) is 28.4 Å². The number of aromatic nitrogens is 2. The average molecular weight is 494 g/mol. The first-order valence-corrected chi connectivity index (χ1v) is 11.2. The summed E-state index contributed by atoms with van der Waals surface area (Å²) in [6.45, 7) is 7.88. The first kappa shape index (κ1) is 24.7. The van der Waals surface area contributed by atoms with Crippen molar-refractivity contribution in [2.24, 2.45) is 0 Å². The maximum absolute atomic E-state index is 14.7. The van der Waals surface area contributed by atoms with E-state index in [4.69, 9.17) is 9.15 Å². The summed E-state index contributed by atoms with van der Waals surface area (Å²) in [5.74, 6) is -1.42. The van der Waals surface area contributed by atoms with Crippen LogP contribution in [0, 0.1) is 5.82 Å². The van der Waals surface area contributed by atoms with Crippen molar-refractivity contribution in [2.75, 3.05) is 24.5 Å². The molecule has 2 aromatic heterocycles. The molecule has 1 amide bonds. The van der Waals surface area contributed by atoms with Gasteiger partial charge in [-0.3, -0.25) is 4.98 Å². The Morgan fingerprint density at radius 3 is 2.57 bits per heavy atom. The number of ether oxygens (including phenoxy) is 1. The predicted octanol–water partition coefficient (Wildman–Crippen LogP) is 5.42.